The monoisotopic (exact) mass is 359 g/mol. The number of hydrogen-bond donors (Lipinski definition) is 0. The topological polar surface area (TPSA) is 39.2 Å². The van der Waals surface area contributed by atoms with Crippen molar-refractivity contribution in [3.8, 4) is 0 Å². The fraction of sp³-hybridized carbons (Fsp3) is 0.400. The minimum atomic E-state index is -2.80. The number of carbonyl (C=O) groups is 1. The molecule has 94 valence electrons. The summed E-state index contributed by atoms with van der Waals surface area (Å²) in [7, 11) is 0. The van der Waals surface area contributed by atoms with Crippen molar-refractivity contribution in [1.29, 1.82) is 0 Å². The number of carbonyl (C=O) groups excluding carboxylic acids is 1. The SMILES string of the molecule is CCOC(=O)Cc1nc(C(F)F)cc(I)c1F. The Balaban J connectivity index is 3.01. The van der Waals surface area contributed by atoms with Gasteiger partial charge < -0.3 is 4.74 Å². The Morgan fingerprint density at radius 1 is 1.59 bits per heavy atom. The molecule has 0 spiro atoms. The van der Waals surface area contributed by atoms with Crippen LogP contribution in [0.5, 0.6) is 0 Å². The van der Waals surface area contributed by atoms with Gasteiger partial charge in [-0.1, -0.05) is 0 Å². The number of rotatable bonds is 4. The summed E-state index contributed by atoms with van der Waals surface area (Å²) < 4.78 is 43.0. The van der Waals surface area contributed by atoms with E-state index in [1.807, 2.05) is 0 Å². The summed E-state index contributed by atoms with van der Waals surface area (Å²) in [6, 6.07) is 0.954. The number of nitrogens with zero attached hydrogens (tertiary/aromatic N) is 1. The van der Waals surface area contributed by atoms with Gasteiger partial charge in [-0.25, -0.2) is 18.2 Å². The maximum absolute atomic E-state index is 13.5. The van der Waals surface area contributed by atoms with Gasteiger partial charge in [0.05, 0.1) is 22.3 Å². The number of ether oxygens (including phenoxy) is 1. The van der Waals surface area contributed by atoms with E-state index in [-0.39, 0.29) is 15.9 Å². The van der Waals surface area contributed by atoms with E-state index in [1.54, 1.807) is 29.5 Å². The van der Waals surface area contributed by atoms with Crippen molar-refractivity contribution in [2.24, 2.45) is 0 Å². The number of pyridine rings is 1. The van der Waals surface area contributed by atoms with Crippen molar-refractivity contribution in [1.82, 2.24) is 4.98 Å². The first-order chi connectivity index (χ1) is 7.95. The average Bonchev–Trinajstić information content (AvgIpc) is 2.24. The minimum Gasteiger partial charge on any atom is -0.466 e. The molecule has 0 atom stereocenters. The predicted octanol–water partition coefficient (Wildman–Crippen LogP) is 2.87. The van der Waals surface area contributed by atoms with Gasteiger partial charge in [-0.3, -0.25) is 4.79 Å². The molecule has 0 saturated heterocycles. The molecule has 0 saturated carbocycles. The lowest BCUT2D eigenvalue weighted by molar-refractivity contribution is -0.142. The lowest BCUT2D eigenvalue weighted by Gasteiger charge is -2.07. The second kappa shape index (κ2) is 6.18. The van der Waals surface area contributed by atoms with Crippen molar-refractivity contribution in [3.05, 3.63) is 26.8 Å². The quantitative estimate of drug-likeness (QED) is 0.613. The van der Waals surface area contributed by atoms with Gasteiger partial charge in [-0.15, -0.1) is 0 Å². The first kappa shape index (κ1) is 14.2. The molecule has 0 fully saturated rings. The van der Waals surface area contributed by atoms with E-state index in [1.165, 1.54) is 0 Å². The van der Waals surface area contributed by atoms with Crippen LogP contribution in [0.3, 0.4) is 0 Å². The second-order valence-electron chi connectivity index (χ2n) is 3.07. The van der Waals surface area contributed by atoms with E-state index in [0.717, 1.165) is 6.07 Å². The van der Waals surface area contributed by atoms with Gasteiger partial charge >= 0.3 is 5.97 Å². The summed E-state index contributed by atoms with van der Waals surface area (Å²) in [4.78, 5) is 14.6. The van der Waals surface area contributed by atoms with E-state index in [2.05, 4.69) is 9.72 Å². The molecular formula is C10H9F3INO2. The Morgan fingerprint density at radius 3 is 2.76 bits per heavy atom. The highest BCUT2D eigenvalue weighted by Gasteiger charge is 2.18. The van der Waals surface area contributed by atoms with Crippen LogP contribution in [-0.2, 0) is 16.0 Å². The maximum Gasteiger partial charge on any atom is 0.311 e. The Hall–Kier alpha value is -0.860. The van der Waals surface area contributed by atoms with Crippen LogP contribution in [0.4, 0.5) is 13.2 Å². The fourth-order valence-corrected chi connectivity index (χ4v) is 1.78. The Bertz CT molecular complexity index is 426. The van der Waals surface area contributed by atoms with Crippen molar-refractivity contribution >= 4 is 28.6 Å². The third-order valence-corrected chi connectivity index (χ3v) is 2.63. The molecule has 0 aliphatic rings. The number of halogens is 4. The van der Waals surface area contributed by atoms with Crippen molar-refractivity contribution < 1.29 is 22.7 Å². The molecule has 0 aromatic carbocycles. The normalized spacial score (nSPS) is 10.7. The molecule has 0 N–H and O–H groups in total. The third-order valence-electron chi connectivity index (χ3n) is 1.84. The highest BCUT2D eigenvalue weighted by Crippen LogP contribution is 2.22. The zero-order chi connectivity index (χ0) is 13.0. The summed E-state index contributed by atoms with van der Waals surface area (Å²) in [5, 5.41) is 0. The zero-order valence-corrected chi connectivity index (χ0v) is 11.0. The van der Waals surface area contributed by atoms with E-state index < -0.39 is 30.3 Å². The number of alkyl halides is 2. The average molecular weight is 359 g/mol. The minimum absolute atomic E-state index is 0.00667. The van der Waals surface area contributed by atoms with E-state index in [4.69, 9.17) is 0 Å². The molecule has 1 aromatic heterocycles. The summed E-state index contributed by atoms with van der Waals surface area (Å²) in [5.74, 6) is -1.45. The zero-order valence-electron chi connectivity index (χ0n) is 8.84. The van der Waals surface area contributed by atoms with Gasteiger partial charge in [0.2, 0.25) is 0 Å². The van der Waals surface area contributed by atoms with Crippen LogP contribution in [0.15, 0.2) is 6.07 Å². The molecule has 0 aliphatic carbocycles. The molecule has 1 aromatic rings. The molecule has 0 radical (unpaired) electrons. The number of hydrogen-bond acceptors (Lipinski definition) is 3. The Morgan fingerprint density at radius 2 is 2.24 bits per heavy atom. The fourth-order valence-electron chi connectivity index (χ4n) is 1.15. The van der Waals surface area contributed by atoms with Gasteiger partial charge in [0.15, 0.2) is 5.82 Å². The van der Waals surface area contributed by atoms with Crippen LogP contribution in [0.2, 0.25) is 0 Å². The lowest BCUT2D eigenvalue weighted by Crippen LogP contribution is -2.12. The Kier molecular flexibility index (Phi) is 5.16. The van der Waals surface area contributed by atoms with Crippen LogP contribution in [0.1, 0.15) is 24.7 Å². The predicted molar refractivity (Wildman–Crippen MR) is 62.2 cm³/mol. The van der Waals surface area contributed by atoms with Crippen molar-refractivity contribution in [3.63, 3.8) is 0 Å². The smallest absolute Gasteiger partial charge is 0.311 e. The number of aromatic nitrogens is 1. The van der Waals surface area contributed by atoms with Crippen molar-refractivity contribution in [2.75, 3.05) is 6.61 Å². The van der Waals surface area contributed by atoms with Crippen LogP contribution in [0, 0.1) is 9.39 Å². The highest BCUT2D eigenvalue weighted by atomic mass is 127. The van der Waals surface area contributed by atoms with Crippen LogP contribution in [-0.4, -0.2) is 17.6 Å². The van der Waals surface area contributed by atoms with Gasteiger partial charge in [0.25, 0.3) is 6.43 Å². The van der Waals surface area contributed by atoms with Crippen LogP contribution in [0.25, 0.3) is 0 Å². The molecule has 0 aliphatic heterocycles. The van der Waals surface area contributed by atoms with Gasteiger partial charge in [0.1, 0.15) is 5.69 Å². The molecular weight excluding hydrogens is 350 g/mol. The summed E-state index contributed by atoms with van der Waals surface area (Å²) in [6.45, 7) is 1.74. The van der Waals surface area contributed by atoms with E-state index in [9.17, 15) is 18.0 Å². The van der Waals surface area contributed by atoms with Crippen LogP contribution >= 0.6 is 22.6 Å². The first-order valence-electron chi connectivity index (χ1n) is 4.74. The molecule has 0 amide bonds. The lowest BCUT2D eigenvalue weighted by atomic mass is 10.2. The first-order valence-corrected chi connectivity index (χ1v) is 5.82. The van der Waals surface area contributed by atoms with Crippen molar-refractivity contribution in [2.45, 2.75) is 19.8 Å². The number of esters is 1. The van der Waals surface area contributed by atoms with E-state index in [0.29, 0.717) is 0 Å². The molecule has 1 heterocycles. The van der Waals surface area contributed by atoms with E-state index >= 15 is 0 Å². The summed E-state index contributed by atoms with van der Waals surface area (Å²) in [6.07, 6.45) is -3.25. The molecule has 3 nitrogen and oxygen atoms in total. The van der Waals surface area contributed by atoms with Gasteiger partial charge in [0, 0.05) is 0 Å². The molecule has 0 unspecified atom stereocenters. The standard InChI is InChI=1S/C10H9F3INO2/c1-2-17-8(16)4-6-9(11)5(14)3-7(15-6)10(12)13/h3,10H,2,4H2,1H3. The highest BCUT2D eigenvalue weighted by molar-refractivity contribution is 14.1. The van der Waals surface area contributed by atoms with Crippen LogP contribution < -0.4 is 0 Å². The second-order valence-corrected chi connectivity index (χ2v) is 4.23. The summed E-state index contributed by atoms with van der Waals surface area (Å²) in [5.41, 5.74) is -0.860. The Labute approximate surface area is 110 Å². The molecule has 7 heteroatoms. The van der Waals surface area contributed by atoms with Gasteiger partial charge in [-0.2, -0.15) is 0 Å². The maximum atomic E-state index is 13.5. The third kappa shape index (κ3) is 3.83. The summed E-state index contributed by atoms with van der Waals surface area (Å²) >= 11 is 1.58. The molecule has 0 bridgehead atoms. The largest absolute Gasteiger partial charge is 0.466 e. The van der Waals surface area contributed by atoms with Gasteiger partial charge in [-0.05, 0) is 35.6 Å². The molecule has 1 rings (SSSR count). The molecule has 17 heavy (non-hydrogen) atoms.